The average molecular weight is 462 g/mol. The fourth-order valence-corrected chi connectivity index (χ4v) is 4.17. The van der Waals surface area contributed by atoms with Gasteiger partial charge in [0, 0.05) is 25.1 Å². The summed E-state index contributed by atoms with van der Waals surface area (Å²) < 4.78 is 47.4. The molecule has 0 saturated carbocycles. The largest absolute Gasteiger partial charge is 0.380 e. The summed E-state index contributed by atoms with van der Waals surface area (Å²) in [6.07, 6.45) is 2.31. The Hall–Kier alpha value is -2.87. The Balaban J connectivity index is 2.09. The van der Waals surface area contributed by atoms with Crippen molar-refractivity contribution in [1.82, 2.24) is 5.32 Å². The highest BCUT2D eigenvalue weighted by molar-refractivity contribution is 6.10. The number of ether oxygens (including phenoxy) is 1. The second-order valence-corrected chi connectivity index (χ2v) is 8.19. The summed E-state index contributed by atoms with van der Waals surface area (Å²) in [6.45, 7) is 6.77. The lowest BCUT2D eigenvalue weighted by Crippen LogP contribution is -2.58. The summed E-state index contributed by atoms with van der Waals surface area (Å²) in [6, 6.07) is 9.05. The maximum atomic E-state index is 14.9. The molecule has 2 unspecified atom stereocenters. The first-order chi connectivity index (χ1) is 15.8. The second-order valence-electron chi connectivity index (χ2n) is 8.19. The van der Waals surface area contributed by atoms with Crippen molar-refractivity contribution in [3.63, 3.8) is 0 Å². The maximum Gasteiger partial charge on any atom is 0.248 e. The summed E-state index contributed by atoms with van der Waals surface area (Å²) in [5, 5.41) is 8.90. The van der Waals surface area contributed by atoms with Crippen LogP contribution in [-0.2, 0) is 9.53 Å². The quantitative estimate of drug-likeness (QED) is 0.504. The number of benzene rings is 2. The number of anilines is 1. The summed E-state index contributed by atoms with van der Waals surface area (Å²) in [4.78, 5) is 13.6. The van der Waals surface area contributed by atoms with Gasteiger partial charge in [0.25, 0.3) is 0 Å². The number of amides is 1. The average Bonchev–Trinajstić information content (AvgIpc) is 3.09. The Labute approximate surface area is 192 Å². The van der Waals surface area contributed by atoms with Crippen molar-refractivity contribution in [1.29, 1.82) is 0 Å². The lowest BCUT2D eigenvalue weighted by molar-refractivity contribution is -0.127. The lowest BCUT2D eigenvalue weighted by Gasteiger charge is -2.37. The highest BCUT2D eigenvalue weighted by Gasteiger charge is 2.54. The number of hydrazone groups is 1. The molecule has 1 aliphatic rings. The molecule has 0 radical (unpaired) electrons. The molecule has 1 N–H and O–H groups in total. The number of halogens is 3. The number of hydrogen-bond acceptors (Lipinski definition) is 4. The second kappa shape index (κ2) is 10.8. The molecule has 178 valence electrons. The van der Waals surface area contributed by atoms with E-state index in [9.17, 15) is 18.0 Å². The van der Waals surface area contributed by atoms with Gasteiger partial charge in [0.2, 0.25) is 5.91 Å². The number of unbranched alkanes of at least 4 members (excludes halogenated alkanes) is 1. The highest BCUT2D eigenvalue weighted by atomic mass is 19.1. The van der Waals surface area contributed by atoms with Gasteiger partial charge in [0.15, 0.2) is 5.82 Å². The smallest absolute Gasteiger partial charge is 0.248 e. The van der Waals surface area contributed by atoms with Crippen molar-refractivity contribution in [3.05, 3.63) is 65.5 Å². The first-order valence-corrected chi connectivity index (χ1v) is 11.3. The van der Waals surface area contributed by atoms with E-state index in [0.717, 1.165) is 25.0 Å². The minimum absolute atomic E-state index is 0.00234. The molecule has 33 heavy (non-hydrogen) atoms. The van der Waals surface area contributed by atoms with Crippen molar-refractivity contribution in [3.8, 4) is 0 Å². The maximum absolute atomic E-state index is 14.9. The first-order valence-electron chi connectivity index (χ1n) is 11.3. The van der Waals surface area contributed by atoms with E-state index in [0.29, 0.717) is 30.9 Å². The highest BCUT2D eigenvalue weighted by Crippen LogP contribution is 2.42. The van der Waals surface area contributed by atoms with E-state index < -0.39 is 23.1 Å². The topological polar surface area (TPSA) is 53.9 Å². The standard InChI is InChI=1S/C25H30F3N3O2/c1-4-6-7-20-23(17-8-10-18(26)11-9-17)30-31(22-13-12-19(27)16-21(22)28)25(20,3)24(32)29-14-15-33-5-2/h8-13,16,20H,4-7,14-15H2,1-3H3,(H,29,32). The zero-order valence-electron chi connectivity index (χ0n) is 19.2. The molecule has 5 nitrogen and oxygen atoms in total. The molecule has 2 atom stereocenters. The number of carbonyl (C=O) groups is 1. The van der Waals surface area contributed by atoms with E-state index in [1.807, 2.05) is 13.8 Å². The van der Waals surface area contributed by atoms with Gasteiger partial charge in [-0.15, -0.1) is 0 Å². The minimum atomic E-state index is -1.29. The third kappa shape index (κ3) is 5.21. The number of carbonyl (C=O) groups excluding carboxylic acids is 1. The van der Waals surface area contributed by atoms with Gasteiger partial charge in [-0.05, 0) is 50.1 Å². The van der Waals surface area contributed by atoms with E-state index >= 15 is 0 Å². The molecule has 0 aliphatic carbocycles. The molecule has 0 aromatic heterocycles. The summed E-state index contributed by atoms with van der Waals surface area (Å²) >= 11 is 0. The van der Waals surface area contributed by atoms with Crippen LogP contribution >= 0.6 is 0 Å². The molecule has 2 aromatic carbocycles. The van der Waals surface area contributed by atoms with Crippen molar-refractivity contribution in [2.24, 2.45) is 11.0 Å². The third-order valence-electron chi connectivity index (χ3n) is 5.98. The Morgan fingerprint density at radius 3 is 2.45 bits per heavy atom. The van der Waals surface area contributed by atoms with Crippen LogP contribution in [0.2, 0.25) is 0 Å². The molecule has 0 fully saturated rings. The van der Waals surface area contributed by atoms with Gasteiger partial charge in [-0.25, -0.2) is 18.2 Å². The third-order valence-corrected chi connectivity index (χ3v) is 5.98. The van der Waals surface area contributed by atoms with Crippen LogP contribution in [-0.4, -0.2) is 36.9 Å². The zero-order chi connectivity index (χ0) is 24.0. The van der Waals surface area contributed by atoms with Gasteiger partial charge in [-0.3, -0.25) is 4.79 Å². The molecule has 1 aliphatic heterocycles. The monoisotopic (exact) mass is 461 g/mol. The van der Waals surface area contributed by atoms with E-state index in [-0.39, 0.29) is 24.0 Å². The van der Waals surface area contributed by atoms with Gasteiger partial charge in [-0.1, -0.05) is 31.9 Å². The fraction of sp³-hybridized carbons (Fsp3) is 0.440. The van der Waals surface area contributed by atoms with E-state index in [4.69, 9.17) is 4.74 Å². The van der Waals surface area contributed by atoms with Crippen LogP contribution in [0, 0.1) is 23.4 Å². The summed E-state index contributed by atoms with van der Waals surface area (Å²) in [5.74, 6) is -2.67. The molecule has 8 heteroatoms. The molecule has 0 spiro atoms. The van der Waals surface area contributed by atoms with Crippen LogP contribution in [0.1, 0.15) is 45.6 Å². The van der Waals surface area contributed by atoms with Crippen LogP contribution in [0.4, 0.5) is 18.9 Å². The molecule has 0 bridgehead atoms. The number of nitrogens with one attached hydrogen (secondary N) is 1. The van der Waals surface area contributed by atoms with Crippen molar-refractivity contribution in [2.75, 3.05) is 24.8 Å². The summed E-state index contributed by atoms with van der Waals surface area (Å²) in [5.41, 5.74) is -0.0768. The van der Waals surface area contributed by atoms with Crippen LogP contribution < -0.4 is 10.3 Å². The van der Waals surface area contributed by atoms with E-state index in [2.05, 4.69) is 10.4 Å². The predicted octanol–water partition coefficient (Wildman–Crippen LogP) is 5.05. The first kappa shape index (κ1) is 24.8. The van der Waals surface area contributed by atoms with Crippen molar-refractivity contribution < 1.29 is 22.7 Å². The lowest BCUT2D eigenvalue weighted by atomic mass is 9.77. The van der Waals surface area contributed by atoms with Crippen LogP contribution in [0.25, 0.3) is 0 Å². The van der Waals surface area contributed by atoms with Crippen LogP contribution in [0.5, 0.6) is 0 Å². The number of nitrogens with zero attached hydrogens (tertiary/aromatic N) is 2. The van der Waals surface area contributed by atoms with Crippen molar-refractivity contribution >= 4 is 17.3 Å². The van der Waals surface area contributed by atoms with E-state index in [1.54, 1.807) is 19.1 Å². The molecule has 3 rings (SSSR count). The Bertz CT molecular complexity index is 997. The van der Waals surface area contributed by atoms with Gasteiger partial charge in [0.1, 0.15) is 17.2 Å². The minimum Gasteiger partial charge on any atom is -0.380 e. The van der Waals surface area contributed by atoms with Gasteiger partial charge >= 0.3 is 0 Å². The normalized spacial score (nSPS) is 20.1. The zero-order valence-corrected chi connectivity index (χ0v) is 19.2. The Morgan fingerprint density at radius 1 is 1.12 bits per heavy atom. The van der Waals surface area contributed by atoms with Gasteiger partial charge < -0.3 is 10.1 Å². The molecule has 1 heterocycles. The van der Waals surface area contributed by atoms with Gasteiger partial charge in [0.05, 0.1) is 18.0 Å². The Morgan fingerprint density at radius 2 is 1.82 bits per heavy atom. The van der Waals surface area contributed by atoms with Crippen molar-refractivity contribution in [2.45, 2.75) is 45.6 Å². The molecule has 0 saturated heterocycles. The predicted molar refractivity (Wildman–Crippen MR) is 123 cm³/mol. The van der Waals surface area contributed by atoms with Gasteiger partial charge in [-0.2, -0.15) is 5.10 Å². The molecular weight excluding hydrogens is 431 g/mol. The van der Waals surface area contributed by atoms with E-state index in [1.165, 1.54) is 23.2 Å². The number of hydrogen-bond donors (Lipinski definition) is 1. The summed E-state index contributed by atoms with van der Waals surface area (Å²) in [7, 11) is 0. The molecular formula is C25H30F3N3O2. The molecule has 2 aromatic rings. The van der Waals surface area contributed by atoms with Crippen LogP contribution in [0.3, 0.4) is 0 Å². The SMILES string of the molecule is CCCCC1C(c2ccc(F)cc2)=NN(c2ccc(F)cc2F)C1(C)C(=O)NCCOCC. The number of rotatable bonds is 10. The molecule has 1 amide bonds. The van der Waals surface area contributed by atoms with Crippen LogP contribution in [0.15, 0.2) is 47.6 Å². The fourth-order valence-electron chi connectivity index (χ4n) is 4.17. The Kier molecular flexibility index (Phi) is 8.13.